The molecule has 228 valence electrons. The molecule has 0 radical (unpaired) electrons. The predicted octanol–water partition coefficient (Wildman–Crippen LogP) is 5.76. The first-order valence-corrected chi connectivity index (χ1v) is 16.3. The summed E-state index contributed by atoms with van der Waals surface area (Å²) in [6.07, 6.45) is 9.30. The van der Waals surface area contributed by atoms with Crippen LogP contribution in [0.4, 0.5) is 4.79 Å². The van der Waals surface area contributed by atoms with Crippen molar-refractivity contribution in [1.82, 2.24) is 25.0 Å². The number of rotatable bonds is 10. The molecule has 4 heterocycles. The Kier molecular flexibility index (Phi) is 10.9. The van der Waals surface area contributed by atoms with E-state index in [0.717, 1.165) is 68.7 Å². The van der Waals surface area contributed by atoms with E-state index >= 15 is 0 Å². The van der Waals surface area contributed by atoms with Crippen molar-refractivity contribution >= 4 is 35.1 Å². The van der Waals surface area contributed by atoms with Gasteiger partial charge in [0.05, 0.1) is 5.69 Å². The van der Waals surface area contributed by atoms with Gasteiger partial charge in [-0.3, -0.25) is 14.7 Å². The Hall–Kier alpha value is -2.55. The highest BCUT2D eigenvalue weighted by molar-refractivity contribution is 6.35. The summed E-state index contributed by atoms with van der Waals surface area (Å²) in [6.45, 7) is 8.03. The molecule has 3 aliphatic rings. The lowest BCUT2D eigenvalue weighted by atomic mass is 9.91. The first-order chi connectivity index (χ1) is 20.4. The minimum absolute atomic E-state index is 0.0823. The van der Waals surface area contributed by atoms with Crippen LogP contribution < -0.4 is 10.1 Å². The fourth-order valence-electron chi connectivity index (χ4n) is 6.35. The number of carbonyl (C=O) groups excluding carboxylic acids is 2. The fraction of sp³-hybridized carbons (Fsp3) is 0.594. The zero-order chi connectivity index (χ0) is 29.5. The van der Waals surface area contributed by atoms with E-state index in [1.54, 1.807) is 17.0 Å². The molecule has 0 saturated carbocycles. The molecule has 0 unspecified atom stereocenters. The summed E-state index contributed by atoms with van der Waals surface area (Å²) in [7, 11) is 0. The third kappa shape index (κ3) is 7.88. The Morgan fingerprint density at radius 1 is 1.00 bits per heavy atom. The maximum Gasteiger partial charge on any atom is 0.318 e. The van der Waals surface area contributed by atoms with Gasteiger partial charge in [0.25, 0.3) is 0 Å². The molecule has 2 atom stereocenters. The number of piperidine rings is 1. The summed E-state index contributed by atoms with van der Waals surface area (Å²) in [4.78, 5) is 37.8. The van der Waals surface area contributed by atoms with Gasteiger partial charge < -0.3 is 19.9 Å². The van der Waals surface area contributed by atoms with Gasteiger partial charge in [0, 0.05) is 61.3 Å². The molecule has 1 N–H and O–H groups in total. The number of ether oxygens (including phenoxy) is 1. The predicted molar refractivity (Wildman–Crippen MR) is 166 cm³/mol. The molecular formula is C32H43Cl2N5O3. The van der Waals surface area contributed by atoms with E-state index in [0.29, 0.717) is 42.6 Å². The van der Waals surface area contributed by atoms with E-state index in [4.69, 9.17) is 32.9 Å². The largest absolute Gasteiger partial charge is 0.487 e. The normalized spacial score (nSPS) is 19.6. The minimum Gasteiger partial charge on any atom is -0.487 e. The third-order valence-corrected chi connectivity index (χ3v) is 9.42. The van der Waals surface area contributed by atoms with Crippen LogP contribution >= 0.6 is 23.2 Å². The zero-order valence-electron chi connectivity index (χ0n) is 24.6. The molecule has 10 heteroatoms. The van der Waals surface area contributed by atoms with Crippen LogP contribution in [0.5, 0.6) is 5.75 Å². The van der Waals surface area contributed by atoms with Crippen LogP contribution in [0, 0.1) is 0 Å². The van der Waals surface area contributed by atoms with Gasteiger partial charge in [-0.2, -0.15) is 0 Å². The van der Waals surface area contributed by atoms with E-state index in [9.17, 15) is 9.59 Å². The molecule has 3 fully saturated rings. The Bertz CT molecular complexity index is 1210. The maximum atomic E-state index is 13.9. The van der Waals surface area contributed by atoms with Crippen molar-refractivity contribution in [3.63, 3.8) is 0 Å². The Morgan fingerprint density at radius 3 is 2.40 bits per heavy atom. The number of carbonyl (C=O) groups is 2. The molecule has 3 amide bonds. The van der Waals surface area contributed by atoms with Crippen molar-refractivity contribution in [1.29, 1.82) is 0 Å². The standard InChI is InChI=1S/C32H43Cl2N5O3/c1-2-26(22-37-14-3-4-15-37)42-29-8-7-13-35-30(29)23-11-18-38(19-12-23)31(40)28(36-32(41)39-16-5-6-17-39)20-24-9-10-25(33)21-27(24)34/h7-10,13,21,23,26,28H,2-6,11-12,14-20,22H2,1H3,(H,36,41)/t26-,28-/m1/s1. The van der Waals surface area contributed by atoms with Gasteiger partial charge in [0.2, 0.25) is 5.91 Å². The smallest absolute Gasteiger partial charge is 0.318 e. The quantitative estimate of drug-likeness (QED) is 0.367. The van der Waals surface area contributed by atoms with E-state index in [1.165, 1.54) is 12.8 Å². The van der Waals surface area contributed by atoms with Crippen LogP contribution in [0.3, 0.4) is 0 Å². The number of urea groups is 1. The Labute approximate surface area is 259 Å². The second kappa shape index (κ2) is 14.8. The summed E-state index contributed by atoms with van der Waals surface area (Å²) in [5, 5.41) is 4.05. The number of hydrogen-bond acceptors (Lipinski definition) is 5. The van der Waals surface area contributed by atoms with Gasteiger partial charge in [-0.25, -0.2) is 4.79 Å². The number of aromatic nitrogens is 1. The summed E-state index contributed by atoms with van der Waals surface area (Å²) < 4.78 is 6.54. The number of hydrogen-bond donors (Lipinski definition) is 1. The number of halogens is 2. The number of nitrogens with one attached hydrogen (secondary N) is 1. The van der Waals surface area contributed by atoms with Gasteiger partial charge in [-0.1, -0.05) is 36.2 Å². The second-order valence-corrected chi connectivity index (χ2v) is 12.6. The van der Waals surface area contributed by atoms with E-state index in [-0.39, 0.29) is 24.0 Å². The van der Waals surface area contributed by atoms with Gasteiger partial charge in [0.15, 0.2) is 0 Å². The van der Waals surface area contributed by atoms with Crippen molar-refractivity contribution in [3.8, 4) is 5.75 Å². The third-order valence-electron chi connectivity index (χ3n) is 8.83. The molecule has 3 saturated heterocycles. The highest BCUT2D eigenvalue weighted by atomic mass is 35.5. The number of amides is 3. The van der Waals surface area contributed by atoms with Crippen LogP contribution in [0.25, 0.3) is 0 Å². The summed E-state index contributed by atoms with van der Waals surface area (Å²) >= 11 is 12.6. The molecule has 0 spiro atoms. The molecule has 1 aromatic heterocycles. The topological polar surface area (TPSA) is 78.0 Å². The van der Waals surface area contributed by atoms with Crippen LogP contribution in [0.1, 0.15) is 69.0 Å². The zero-order valence-corrected chi connectivity index (χ0v) is 26.1. The van der Waals surface area contributed by atoms with Crippen molar-refractivity contribution in [2.24, 2.45) is 0 Å². The Morgan fingerprint density at radius 2 is 1.71 bits per heavy atom. The number of likely N-dealkylation sites (tertiary alicyclic amines) is 3. The van der Waals surface area contributed by atoms with E-state index in [1.807, 2.05) is 29.3 Å². The molecule has 8 nitrogen and oxygen atoms in total. The second-order valence-electron chi connectivity index (χ2n) is 11.8. The van der Waals surface area contributed by atoms with Gasteiger partial charge in [0.1, 0.15) is 17.9 Å². The first kappa shape index (κ1) is 30.9. The number of nitrogens with zero attached hydrogens (tertiary/aromatic N) is 4. The van der Waals surface area contributed by atoms with Gasteiger partial charge in [-0.15, -0.1) is 0 Å². The maximum absolute atomic E-state index is 13.9. The van der Waals surface area contributed by atoms with Crippen LogP contribution in [0.15, 0.2) is 36.5 Å². The van der Waals surface area contributed by atoms with Crippen LogP contribution in [-0.2, 0) is 11.2 Å². The molecule has 0 bridgehead atoms. The molecule has 5 rings (SSSR count). The lowest BCUT2D eigenvalue weighted by Crippen LogP contribution is -2.54. The van der Waals surface area contributed by atoms with Crippen LogP contribution in [-0.4, -0.2) is 89.6 Å². The summed E-state index contributed by atoms with van der Waals surface area (Å²) in [6, 6.07) is 8.34. The highest BCUT2D eigenvalue weighted by Gasteiger charge is 2.33. The van der Waals surface area contributed by atoms with Crippen LogP contribution in [0.2, 0.25) is 10.0 Å². The lowest BCUT2D eigenvalue weighted by Gasteiger charge is -2.35. The van der Waals surface area contributed by atoms with E-state index in [2.05, 4.69) is 17.1 Å². The van der Waals surface area contributed by atoms with Crippen molar-refractivity contribution in [3.05, 3.63) is 57.8 Å². The van der Waals surface area contributed by atoms with Crippen molar-refractivity contribution in [2.75, 3.05) is 45.8 Å². The van der Waals surface area contributed by atoms with Gasteiger partial charge in [-0.05, 0) is 87.9 Å². The molecule has 3 aliphatic heterocycles. The van der Waals surface area contributed by atoms with Crippen molar-refractivity contribution in [2.45, 2.75) is 76.4 Å². The monoisotopic (exact) mass is 615 g/mol. The fourth-order valence-corrected chi connectivity index (χ4v) is 6.84. The molecule has 1 aromatic carbocycles. The average Bonchev–Trinajstić information content (AvgIpc) is 3.73. The lowest BCUT2D eigenvalue weighted by molar-refractivity contribution is -0.134. The minimum atomic E-state index is -0.710. The molecule has 42 heavy (non-hydrogen) atoms. The van der Waals surface area contributed by atoms with Gasteiger partial charge >= 0.3 is 6.03 Å². The highest BCUT2D eigenvalue weighted by Crippen LogP contribution is 2.34. The summed E-state index contributed by atoms with van der Waals surface area (Å²) in [5.41, 5.74) is 1.77. The Balaban J connectivity index is 1.24. The SMILES string of the molecule is CC[C@H](CN1CCCC1)Oc1cccnc1C1CCN(C(=O)[C@@H](Cc2ccc(Cl)cc2Cl)NC(=O)N2CCCC2)CC1. The summed E-state index contributed by atoms with van der Waals surface area (Å²) in [5.74, 6) is 0.987. The first-order valence-electron chi connectivity index (χ1n) is 15.5. The van der Waals surface area contributed by atoms with Crippen molar-refractivity contribution < 1.29 is 14.3 Å². The average molecular weight is 617 g/mol. The molecular weight excluding hydrogens is 573 g/mol. The van der Waals surface area contributed by atoms with E-state index < -0.39 is 6.04 Å². The number of benzene rings is 1. The molecule has 0 aliphatic carbocycles. The molecule has 2 aromatic rings. The number of pyridine rings is 1.